The van der Waals surface area contributed by atoms with Crippen LogP contribution >= 0.6 is 12.2 Å². The van der Waals surface area contributed by atoms with Crippen molar-refractivity contribution in [1.29, 1.82) is 0 Å². The van der Waals surface area contributed by atoms with Gasteiger partial charge in [-0.3, -0.25) is 15.6 Å². The quantitative estimate of drug-likeness (QED) is 0.425. The topological polar surface area (TPSA) is 62.4 Å². The van der Waals surface area contributed by atoms with Gasteiger partial charge in [-0.25, -0.2) is 0 Å². The minimum absolute atomic E-state index is 0.173. The normalized spacial score (nSPS) is 9.32. The summed E-state index contributed by atoms with van der Waals surface area (Å²) >= 11 is 4.93. The highest BCUT2D eigenvalue weighted by Gasteiger charge is 2.03. The van der Waals surface area contributed by atoms with Gasteiger partial charge in [0.25, 0.3) is 0 Å². The largest absolute Gasteiger partial charge is 0.497 e. The lowest BCUT2D eigenvalue weighted by atomic mass is 10.1. The van der Waals surface area contributed by atoms with E-state index in [2.05, 4.69) is 22.7 Å². The molecule has 0 aliphatic rings. The molecular weight excluding hydrogens is 262 g/mol. The van der Waals surface area contributed by atoms with Crippen LogP contribution in [0.15, 0.2) is 36.9 Å². The molecule has 1 amide bonds. The van der Waals surface area contributed by atoms with Crippen LogP contribution < -0.4 is 20.9 Å². The highest BCUT2D eigenvalue weighted by atomic mass is 32.1. The summed E-state index contributed by atoms with van der Waals surface area (Å²) in [6.45, 7) is 4.09. The summed E-state index contributed by atoms with van der Waals surface area (Å²) in [5.41, 5.74) is 6.01. The van der Waals surface area contributed by atoms with E-state index in [-0.39, 0.29) is 12.3 Å². The number of nitrogens with one attached hydrogen (secondary N) is 3. The maximum Gasteiger partial charge on any atom is 0.242 e. The fourth-order valence-corrected chi connectivity index (χ4v) is 1.44. The van der Waals surface area contributed by atoms with Crippen molar-refractivity contribution in [3.05, 3.63) is 42.5 Å². The van der Waals surface area contributed by atoms with E-state index >= 15 is 0 Å². The molecule has 0 spiro atoms. The number of methoxy groups -OCH3 is 1. The minimum atomic E-state index is -0.173. The molecule has 0 fully saturated rings. The predicted octanol–water partition coefficient (Wildman–Crippen LogP) is 0.919. The average Bonchev–Trinajstić information content (AvgIpc) is 2.43. The maximum atomic E-state index is 11.6. The van der Waals surface area contributed by atoms with E-state index < -0.39 is 0 Å². The van der Waals surface area contributed by atoms with Gasteiger partial charge in [0.1, 0.15) is 5.75 Å². The summed E-state index contributed by atoms with van der Waals surface area (Å²) in [5.74, 6) is 0.588. The van der Waals surface area contributed by atoms with Gasteiger partial charge >= 0.3 is 0 Å². The van der Waals surface area contributed by atoms with E-state index in [9.17, 15) is 4.79 Å². The van der Waals surface area contributed by atoms with E-state index in [1.165, 1.54) is 0 Å². The summed E-state index contributed by atoms with van der Waals surface area (Å²) < 4.78 is 5.04. The Labute approximate surface area is 118 Å². The molecule has 0 saturated carbocycles. The minimum Gasteiger partial charge on any atom is -0.497 e. The molecule has 1 rings (SSSR count). The van der Waals surface area contributed by atoms with Crippen molar-refractivity contribution in [3.63, 3.8) is 0 Å². The number of ether oxygens (including phenoxy) is 1. The monoisotopic (exact) mass is 279 g/mol. The molecule has 0 radical (unpaired) electrons. The number of hydrogen-bond acceptors (Lipinski definition) is 3. The lowest BCUT2D eigenvalue weighted by Crippen LogP contribution is -2.47. The zero-order valence-corrected chi connectivity index (χ0v) is 11.5. The third kappa shape index (κ3) is 5.87. The van der Waals surface area contributed by atoms with E-state index in [0.717, 1.165) is 11.3 Å². The van der Waals surface area contributed by atoms with Crippen molar-refractivity contribution >= 4 is 23.2 Å². The number of amides is 1. The molecule has 102 valence electrons. The molecule has 5 nitrogen and oxygen atoms in total. The summed E-state index contributed by atoms with van der Waals surface area (Å²) in [7, 11) is 1.60. The number of benzene rings is 1. The van der Waals surface area contributed by atoms with E-state index in [4.69, 9.17) is 17.0 Å². The fourth-order valence-electron chi connectivity index (χ4n) is 1.31. The van der Waals surface area contributed by atoms with Gasteiger partial charge < -0.3 is 10.1 Å². The lowest BCUT2D eigenvalue weighted by Gasteiger charge is -2.10. The van der Waals surface area contributed by atoms with Crippen LogP contribution in [0.25, 0.3) is 0 Å². The van der Waals surface area contributed by atoms with Crippen molar-refractivity contribution in [2.75, 3.05) is 13.7 Å². The SMILES string of the molecule is C=CCNC(=S)NNC(=O)Cc1ccc(OC)cc1. The molecule has 0 unspecified atom stereocenters. The molecule has 0 aliphatic carbocycles. The van der Waals surface area contributed by atoms with Gasteiger partial charge in [-0.2, -0.15) is 0 Å². The number of hydrogen-bond donors (Lipinski definition) is 3. The first-order chi connectivity index (χ1) is 9.15. The van der Waals surface area contributed by atoms with Gasteiger partial charge in [-0.1, -0.05) is 18.2 Å². The molecule has 0 heterocycles. The Morgan fingerprint density at radius 3 is 2.63 bits per heavy atom. The van der Waals surface area contributed by atoms with Crippen molar-refractivity contribution < 1.29 is 9.53 Å². The Morgan fingerprint density at radius 2 is 2.05 bits per heavy atom. The second-order valence-corrected chi connectivity index (χ2v) is 4.10. The standard InChI is InChI=1S/C13H17N3O2S/c1-3-8-14-13(19)16-15-12(17)9-10-4-6-11(18-2)7-5-10/h3-7H,1,8-9H2,2H3,(H,15,17)(H2,14,16,19). The summed E-state index contributed by atoms with van der Waals surface area (Å²) in [6.07, 6.45) is 1.94. The third-order valence-electron chi connectivity index (χ3n) is 2.25. The van der Waals surface area contributed by atoms with Crippen LogP contribution in [-0.4, -0.2) is 24.7 Å². The van der Waals surface area contributed by atoms with E-state index in [1.54, 1.807) is 13.2 Å². The van der Waals surface area contributed by atoms with Crippen molar-refractivity contribution in [3.8, 4) is 5.75 Å². The molecule has 0 bridgehead atoms. The Hall–Kier alpha value is -2.08. The zero-order chi connectivity index (χ0) is 14.1. The van der Waals surface area contributed by atoms with Gasteiger partial charge in [-0.05, 0) is 29.9 Å². The van der Waals surface area contributed by atoms with Crippen LogP contribution in [0.3, 0.4) is 0 Å². The molecule has 0 aliphatic heterocycles. The van der Waals surface area contributed by atoms with Gasteiger partial charge in [0, 0.05) is 6.54 Å². The molecule has 0 aromatic heterocycles. The molecule has 1 aromatic carbocycles. The number of carbonyl (C=O) groups is 1. The number of thiocarbonyl (C=S) groups is 1. The van der Waals surface area contributed by atoms with Crippen LogP contribution in [0.2, 0.25) is 0 Å². The molecule has 1 aromatic rings. The number of rotatable bonds is 5. The van der Waals surface area contributed by atoms with Crippen molar-refractivity contribution in [2.24, 2.45) is 0 Å². The smallest absolute Gasteiger partial charge is 0.242 e. The third-order valence-corrected chi connectivity index (χ3v) is 2.49. The van der Waals surface area contributed by atoms with Crippen LogP contribution in [0.5, 0.6) is 5.75 Å². The first kappa shape index (κ1) is 15.0. The Balaban J connectivity index is 2.34. The van der Waals surface area contributed by atoms with Crippen LogP contribution in [0.4, 0.5) is 0 Å². The second-order valence-electron chi connectivity index (χ2n) is 3.70. The van der Waals surface area contributed by atoms with Gasteiger partial charge in [0.2, 0.25) is 5.91 Å². The Bertz CT molecular complexity index is 446. The molecule has 0 atom stereocenters. The highest BCUT2D eigenvalue weighted by molar-refractivity contribution is 7.80. The second kappa shape index (κ2) is 8.10. The summed E-state index contributed by atoms with van der Waals surface area (Å²) in [4.78, 5) is 11.6. The molecule has 19 heavy (non-hydrogen) atoms. The number of hydrazine groups is 1. The summed E-state index contributed by atoms with van der Waals surface area (Å²) in [6, 6.07) is 7.30. The molecule has 0 saturated heterocycles. The average molecular weight is 279 g/mol. The number of carbonyl (C=O) groups excluding carboxylic acids is 1. The van der Waals surface area contributed by atoms with Crippen LogP contribution in [0.1, 0.15) is 5.56 Å². The predicted molar refractivity (Wildman–Crippen MR) is 78.8 cm³/mol. The maximum absolute atomic E-state index is 11.6. The van der Waals surface area contributed by atoms with E-state index in [1.807, 2.05) is 24.3 Å². The Morgan fingerprint density at radius 1 is 1.37 bits per heavy atom. The van der Waals surface area contributed by atoms with Crippen molar-refractivity contribution in [1.82, 2.24) is 16.2 Å². The first-order valence-electron chi connectivity index (χ1n) is 5.72. The van der Waals surface area contributed by atoms with E-state index in [0.29, 0.717) is 11.7 Å². The lowest BCUT2D eigenvalue weighted by molar-refractivity contribution is -0.121. The van der Waals surface area contributed by atoms with Crippen molar-refractivity contribution in [2.45, 2.75) is 6.42 Å². The Kier molecular flexibility index (Phi) is 6.38. The molecule has 6 heteroatoms. The van der Waals surface area contributed by atoms with Gasteiger partial charge in [-0.15, -0.1) is 6.58 Å². The summed E-state index contributed by atoms with van der Waals surface area (Å²) in [5, 5.41) is 3.19. The van der Waals surface area contributed by atoms with Crippen LogP contribution in [-0.2, 0) is 11.2 Å². The fraction of sp³-hybridized carbons (Fsp3) is 0.231. The van der Waals surface area contributed by atoms with Gasteiger partial charge in [0.05, 0.1) is 13.5 Å². The van der Waals surface area contributed by atoms with Crippen LogP contribution in [0, 0.1) is 0 Å². The molecule has 3 N–H and O–H groups in total. The zero-order valence-electron chi connectivity index (χ0n) is 10.7. The first-order valence-corrected chi connectivity index (χ1v) is 6.13. The molecular formula is C13H17N3O2S. The van der Waals surface area contributed by atoms with Gasteiger partial charge in [0.15, 0.2) is 5.11 Å². The highest BCUT2D eigenvalue weighted by Crippen LogP contribution is 2.11.